The molecule has 0 radical (unpaired) electrons. The smallest absolute Gasteiger partial charge is 0.306 e. The molecule has 0 saturated carbocycles. The van der Waals surface area contributed by atoms with Crippen LogP contribution in [0.5, 0.6) is 0 Å². The van der Waals surface area contributed by atoms with Crippen LogP contribution in [-0.4, -0.2) is 43.8 Å². The molecular formula is C8H14O5. The molecule has 2 rings (SSSR count). The van der Waals surface area contributed by atoms with E-state index in [1.54, 1.807) is 0 Å². The topological polar surface area (TPSA) is 65.0 Å². The molecule has 76 valence electrons. The van der Waals surface area contributed by atoms with Gasteiger partial charge in [-0.25, -0.2) is 0 Å². The molecule has 5 nitrogen and oxygen atoms in total. The van der Waals surface area contributed by atoms with E-state index in [2.05, 4.69) is 4.74 Å². The van der Waals surface area contributed by atoms with Gasteiger partial charge in [0, 0.05) is 6.42 Å². The number of hydrogen-bond acceptors (Lipinski definition) is 5. The highest BCUT2D eigenvalue weighted by Gasteiger charge is 2.21. The number of aliphatic hydroxyl groups is 1. The summed E-state index contributed by atoms with van der Waals surface area (Å²) in [6.07, 6.45) is 0.920. The number of aliphatic hydroxyl groups excluding tert-OH is 1. The lowest BCUT2D eigenvalue weighted by Gasteiger charge is -2.01. The monoisotopic (exact) mass is 190 g/mol. The summed E-state index contributed by atoms with van der Waals surface area (Å²) in [4.78, 5) is 10.3. The van der Waals surface area contributed by atoms with Gasteiger partial charge in [0.25, 0.3) is 0 Å². The van der Waals surface area contributed by atoms with Crippen LogP contribution in [0.4, 0.5) is 0 Å². The summed E-state index contributed by atoms with van der Waals surface area (Å²) < 4.78 is 14.1. The fourth-order valence-electron chi connectivity index (χ4n) is 1.01. The molecule has 0 aromatic heterocycles. The fraction of sp³-hybridized carbons (Fsp3) is 0.875. The third-order valence-corrected chi connectivity index (χ3v) is 1.71. The molecular weight excluding hydrogens is 176 g/mol. The van der Waals surface area contributed by atoms with E-state index < -0.39 is 0 Å². The average molecular weight is 190 g/mol. The molecule has 0 aromatic carbocycles. The Labute approximate surface area is 76.6 Å². The molecule has 5 heteroatoms. The van der Waals surface area contributed by atoms with Crippen molar-refractivity contribution in [1.29, 1.82) is 0 Å². The number of carbonyl (C=O) groups excluding carboxylic acids is 1. The summed E-state index contributed by atoms with van der Waals surface area (Å²) in [6, 6.07) is 0. The Kier molecular flexibility index (Phi) is 4.74. The van der Waals surface area contributed by atoms with Crippen LogP contribution >= 0.6 is 0 Å². The lowest BCUT2D eigenvalue weighted by Crippen LogP contribution is -2.10. The maximum atomic E-state index is 10.3. The second kappa shape index (κ2) is 5.90. The zero-order valence-corrected chi connectivity index (χ0v) is 7.40. The molecule has 2 aliphatic heterocycles. The van der Waals surface area contributed by atoms with Crippen molar-refractivity contribution >= 4 is 5.97 Å². The van der Waals surface area contributed by atoms with E-state index >= 15 is 0 Å². The normalized spacial score (nSPS) is 26.5. The van der Waals surface area contributed by atoms with Gasteiger partial charge in [0.2, 0.25) is 0 Å². The van der Waals surface area contributed by atoms with E-state index in [9.17, 15) is 4.79 Å². The van der Waals surface area contributed by atoms with Crippen molar-refractivity contribution < 1.29 is 24.1 Å². The number of cyclic esters (lactones) is 1. The van der Waals surface area contributed by atoms with Crippen molar-refractivity contribution in [2.75, 3.05) is 26.6 Å². The number of rotatable bonds is 1. The van der Waals surface area contributed by atoms with Crippen molar-refractivity contribution in [2.24, 2.45) is 0 Å². The quantitative estimate of drug-likeness (QED) is 0.574. The SMILES string of the molecule is C1COCO1.O=C1CC[C@@H](CO)O1. The molecule has 2 heterocycles. The van der Waals surface area contributed by atoms with Gasteiger partial charge in [-0.15, -0.1) is 0 Å². The molecule has 2 saturated heterocycles. The van der Waals surface area contributed by atoms with E-state index in [-0.39, 0.29) is 18.7 Å². The van der Waals surface area contributed by atoms with Crippen LogP contribution in [0.1, 0.15) is 12.8 Å². The van der Waals surface area contributed by atoms with E-state index in [0.29, 0.717) is 19.6 Å². The predicted octanol–water partition coefficient (Wildman–Crippen LogP) is -0.325. The van der Waals surface area contributed by atoms with Crippen molar-refractivity contribution in [3.05, 3.63) is 0 Å². The molecule has 0 unspecified atom stereocenters. The zero-order chi connectivity index (χ0) is 9.52. The van der Waals surface area contributed by atoms with Crippen molar-refractivity contribution in [3.63, 3.8) is 0 Å². The predicted molar refractivity (Wildman–Crippen MR) is 43.0 cm³/mol. The molecule has 0 aliphatic carbocycles. The summed E-state index contributed by atoms with van der Waals surface area (Å²) >= 11 is 0. The van der Waals surface area contributed by atoms with Crippen LogP contribution in [0, 0.1) is 0 Å². The Morgan fingerprint density at radius 2 is 2.08 bits per heavy atom. The first-order valence-corrected chi connectivity index (χ1v) is 4.28. The van der Waals surface area contributed by atoms with Crippen LogP contribution in [0.2, 0.25) is 0 Å². The lowest BCUT2D eigenvalue weighted by molar-refractivity contribution is -0.142. The van der Waals surface area contributed by atoms with Gasteiger partial charge in [-0.3, -0.25) is 4.79 Å². The van der Waals surface area contributed by atoms with Crippen LogP contribution in [0.25, 0.3) is 0 Å². The molecule has 1 atom stereocenters. The summed E-state index contributed by atoms with van der Waals surface area (Å²) in [5.74, 6) is -0.191. The summed E-state index contributed by atoms with van der Waals surface area (Å²) in [7, 11) is 0. The molecule has 2 aliphatic rings. The van der Waals surface area contributed by atoms with Gasteiger partial charge in [0.15, 0.2) is 0 Å². The maximum absolute atomic E-state index is 10.3. The van der Waals surface area contributed by atoms with Gasteiger partial charge >= 0.3 is 5.97 Å². The van der Waals surface area contributed by atoms with Crippen LogP contribution in [0.3, 0.4) is 0 Å². The third-order valence-electron chi connectivity index (χ3n) is 1.71. The van der Waals surface area contributed by atoms with Gasteiger partial charge < -0.3 is 19.3 Å². The first kappa shape index (κ1) is 10.4. The Hall–Kier alpha value is -0.650. The minimum absolute atomic E-state index is 0.0360. The Balaban J connectivity index is 0.000000145. The van der Waals surface area contributed by atoms with Gasteiger partial charge in [-0.2, -0.15) is 0 Å². The molecule has 0 bridgehead atoms. The summed E-state index contributed by atoms with van der Waals surface area (Å²) in [5.41, 5.74) is 0. The minimum Gasteiger partial charge on any atom is -0.460 e. The Morgan fingerprint density at radius 1 is 1.38 bits per heavy atom. The molecule has 0 spiro atoms. The molecule has 13 heavy (non-hydrogen) atoms. The zero-order valence-electron chi connectivity index (χ0n) is 7.40. The second-order valence-electron chi connectivity index (χ2n) is 2.77. The van der Waals surface area contributed by atoms with E-state index in [1.165, 1.54) is 0 Å². The highest BCUT2D eigenvalue weighted by atomic mass is 16.7. The average Bonchev–Trinajstić information content (AvgIpc) is 2.76. The minimum atomic E-state index is -0.220. The van der Waals surface area contributed by atoms with Crippen LogP contribution in [0.15, 0.2) is 0 Å². The standard InChI is InChI=1S/C5H8O3.C3H6O2/c6-3-4-1-2-5(7)8-4;1-2-5-3-4-1/h4,6H,1-3H2;1-3H2/t4-;/m0./s1. The summed E-state index contributed by atoms with van der Waals surface area (Å²) in [6.45, 7) is 2.02. The van der Waals surface area contributed by atoms with Gasteiger partial charge in [0.1, 0.15) is 12.9 Å². The van der Waals surface area contributed by atoms with E-state index in [0.717, 1.165) is 13.2 Å². The van der Waals surface area contributed by atoms with Gasteiger partial charge in [0.05, 0.1) is 19.8 Å². The van der Waals surface area contributed by atoms with E-state index in [4.69, 9.17) is 14.6 Å². The highest BCUT2D eigenvalue weighted by Crippen LogP contribution is 2.11. The maximum Gasteiger partial charge on any atom is 0.306 e. The molecule has 2 fully saturated rings. The Morgan fingerprint density at radius 3 is 2.31 bits per heavy atom. The summed E-state index contributed by atoms with van der Waals surface area (Å²) in [5, 5.41) is 8.41. The Bertz CT molecular complexity index is 147. The first-order valence-electron chi connectivity index (χ1n) is 4.28. The number of esters is 1. The van der Waals surface area contributed by atoms with Crippen molar-refractivity contribution in [1.82, 2.24) is 0 Å². The first-order chi connectivity index (χ1) is 6.33. The van der Waals surface area contributed by atoms with Crippen molar-refractivity contribution in [3.8, 4) is 0 Å². The number of ether oxygens (including phenoxy) is 3. The lowest BCUT2D eigenvalue weighted by atomic mass is 10.2. The number of carbonyl (C=O) groups is 1. The molecule has 0 amide bonds. The third kappa shape index (κ3) is 4.21. The van der Waals surface area contributed by atoms with Crippen molar-refractivity contribution in [2.45, 2.75) is 18.9 Å². The molecule has 1 N–H and O–H groups in total. The van der Waals surface area contributed by atoms with E-state index in [1.807, 2.05) is 0 Å². The molecule has 0 aromatic rings. The van der Waals surface area contributed by atoms with Crippen LogP contribution < -0.4 is 0 Å². The largest absolute Gasteiger partial charge is 0.460 e. The highest BCUT2D eigenvalue weighted by molar-refractivity contribution is 5.71. The number of hydrogen-bond donors (Lipinski definition) is 1. The van der Waals surface area contributed by atoms with Gasteiger partial charge in [-0.1, -0.05) is 0 Å². The fourth-order valence-corrected chi connectivity index (χ4v) is 1.01. The van der Waals surface area contributed by atoms with Crippen LogP contribution in [-0.2, 0) is 19.0 Å². The van der Waals surface area contributed by atoms with Gasteiger partial charge in [-0.05, 0) is 6.42 Å². The second-order valence-corrected chi connectivity index (χ2v) is 2.77.